The summed E-state index contributed by atoms with van der Waals surface area (Å²) in [4.78, 5) is 17.0. The molecule has 0 bridgehead atoms. The van der Waals surface area contributed by atoms with E-state index in [4.69, 9.17) is 4.52 Å². The first-order valence-corrected chi connectivity index (χ1v) is 8.12. The monoisotopic (exact) mass is 358 g/mol. The first-order chi connectivity index (χ1) is 10.7. The Morgan fingerprint density at radius 3 is 3.09 bits per heavy atom. The lowest BCUT2D eigenvalue weighted by Crippen LogP contribution is -2.34. The Hall–Kier alpha value is -1.48. The number of carbonyl (C=O) groups excluding carboxylic acids is 1. The van der Waals surface area contributed by atoms with Crippen LogP contribution in [-0.4, -0.2) is 46.9 Å². The van der Waals surface area contributed by atoms with E-state index >= 15 is 0 Å². The first-order valence-electron chi connectivity index (χ1n) is 7.24. The molecule has 2 aromatic rings. The molecule has 2 aromatic heterocycles. The second-order valence-corrected chi connectivity index (χ2v) is 6.23. The van der Waals surface area contributed by atoms with Crippen LogP contribution in [-0.2, 0) is 11.2 Å². The van der Waals surface area contributed by atoms with Gasteiger partial charge in [-0.05, 0) is 11.4 Å². The van der Waals surface area contributed by atoms with Crippen molar-refractivity contribution in [3.63, 3.8) is 0 Å². The molecule has 1 fully saturated rings. The van der Waals surface area contributed by atoms with Gasteiger partial charge in [-0.25, -0.2) is 0 Å². The maximum absolute atomic E-state index is 11.8. The molecule has 1 aliphatic heterocycles. The third-order valence-electron chi connectivity index (χ3n) is 3.64. The van der Waals surface area contributed by atoms with Crippen LogP contribution in [0.2, 0.25) is 0 Å². The fourth-order valence-corrected chi connectivity index (χ4v) is 2.99. The van der Waals surface area contributed by atoms with E-state index in [2.05, 4.69) is 20.8 Å². The van der Waals surface area contributed by atoms with Crippen molar-refractivity contribution in [2.75, 3.05) is 19.6 Å². The van der Waals surface area contributed by atoms with Gasteiger partial charge in [-0.15, -0.1) is 23.7 Å². The van der Waals surface area contributed by atoms with Gasteiger partial charge in [-0.2, -0.15) is 4.98 Å². The Balaban J connectivity index is 0.00000192. The van der Waals surface area contributed by atoms with Crippen molar-refractivity contribution in [2.24, 2.45) is 5.92 Å². The molecule has 2 unspecified atom stereocenters. The number of β-amino-alcohol motifs (C(OH)–C–C–N with tert-alkyl or cyclic N) is 1. The van der Waals surface area contributed by atoms with Crippen molar-refractivity contribution < 1.29 is 14.4 Å². The number of thiophene rings is 1. The van der Waals surface area contributed by atoms with Crippen molar-refractivity contribution in [1.82, 2.24) is 20.8 Å². The van der Waals surface area contributed by atoms with Crippen LogP contribution in [0, 0.1) is 5.92 Å². The summed E-state index contributed by atoms with van der Waals surface area (Å²) in [6.45, 7) is 1.81. The number of carbonyl (C=O) groups is 1. The minimum absolute atomic E-state index is 0. The topological polar surface area (TPSA) is 100 Å². The molecule has 0 aromatic carbocycles. The highest BCUT2D eigenvalue weighted by Crippen LogP contribution is 2.21. The molecule has 2 atom stereocenters. The number of rotatable bonds is 6. The fourth-order valence-electron chi connectivity index (χ4n) is 2.34. The van der Waals surface area contributed by atoms with Crippen molar-refractivity contribution in [1.29, 1.82) is 0 Å². The highest BCUT2D eigenvalue weighted by molar-refractivity contribution is 7.13. The Bertz CT molecular complexity index is 619. The van der Waals surface area contributed by atoms with E-state index in [9.17, 15) is 9.90 Å². The number of aryl methyl sites for hydroxylation is 1. The Morgan fingerprint density at radius 2 is 2.39 bits per heavy atom. The molecule has 1 amide bonds. The van der Waals surface area contributed by atoms with Gasteiger partial charge in [0.2, 0.25) is 17.6 Å². The van der Waals surface area contributed by atoms with Crippen LogP contribution < -0.4 is 10.6 Å². The second kappa shape index (κ2) is 8.39. The van der Waals surface area contributed by atoms with Crippen molar-refractivity contribution >= 4 is 29.7 Å². The average Bonchev–Trinajstić information content (AvgIpc) is 3.24. The number of halogens is 1. The summed E-state index contributed by atoms with van der Waals surface area (Å²) < 4.78 is 5.15. The van der Waals surface area contributed by atoms with Crippen LogP contribution in [0.1, 0.15) is 12.3 Å². The fraction of sp³-hybridized carbons (Fsp3) is 0.500. The molecule has 9 heteroatoms. The molecule has 0 saturated carbocycles. The number of nitrogens with zero attached hydrogens (tertiary/aromatic N) is 2. The number of amides is 1. The summed E-state index contributed by atoms with van der Waals surface area (Å²) in [6.07, 6.45) is 0.322. The maximum atomic E-state index is 11.8. The smallest absolute Gasteiger partial charge is 0.227 e. The Labute approximate surface area is 143 Å². The Morgan fingerprint density at radius 1 is 1.52 bits per heavy atom. The van der Waals surface area contributed by atoms with Crippen LogP contribution in [0.15, 0.2) is 22.0 Å². The number of nitrogens with one attached hydrogen (secondary N) is 2. The lowest BCUT2D eigenvalue weighted by atomic mass is 10.1. The van der Waals surface area contributed by atoms with Gasteiger partial charge >= 0.3 is 0 Å². The van der Waals surface area contributed by atoms with Gasteiger partial charge in [-0.1, -0.05) is 11.2 Å². The SMILES string of the molecule is Cl.O=C(CCc1nc(-c2cccs2)no1)NCC1CNCC1O. The summed E-state index contributed by atoms with van der Waals surface area (Å²) in [5.41, 5.74) is 0. The van der Waals surface area contributed by atoms with Gasteiger partial charge in [0.25, 0.3) is 0 Å². The molecule has 1 aliphatic rings. The molecule has 7 nitrogen and oxygen atoms in total. The van der Waals surface area contributed by atoms with Crippen LogP contribution in [0.3, 0.4) is 0 Å². The zero-order chi connectivity index (χ0) is 15.4. The van der Waals surface area contributed by atoms with Crippen LogP contribution in [0.4, 0.5) is 0 Å². The summed E-state index contributed by atoms with van der Waals surface area (Å²) in [7, 11) is 0. The number of aliphatic hydroxyl groups is 1. The van der Waals surface area contributed by atoms with Crippen LogP contribution >= 0.6 is 23.7 Å². The number of hydrogen-bond acceptors (Lipinski definition) is 7. The van der Waals surface area contributed by atoms with Crippen LogP contribution in [0.25, 0.3) is 10.7 Å². The van der Waals surface area contributed by atoms with E-state index in [1.807, 2.05) is 17.5 Å². The molecule has 1 saturated heterocycles. The van der Waals surface area contributed by atoms with Gasteiger partial charge in [-0.3, -0.25) is 4.79 Å². The molecule has 0 spiro atoms. The zero-order valence-corrected chi connectivity index (χ0v) is 14.0. The van der Waals surface area contributed by atoms with Gasteiger partial charge in [0.05, 0.1) is 11.0 Å². The molecule has 3 N–H and O–H groups in total. The van der Waals surface area contributed by atoms with E-state index in [0.717, 1.165) is 11.4 Å². The van der Waals surface area contributed by atoms with Crippen molar-refractivity contribution in [2.45, 2.75) is 18.9 Å². The van der Waals surface area contributed by atoms with E-state index in [-0.39, 0.29) is 30.3 Å². The quantitative estimate of drug-likeness (QED) is 0.707. The standard InChI is InChI=1S/C14H18N4O3S.ClH/c19-10-8-15-6-9(10)7-16-12(20)3-4-13-17-14(18-21-13)11-2-1-5-22-11;/h1-2,5,9-10,15,19H,3-4,6-8H2,(H,16,20);1H. The zero-order valence-electron chi connectivity index (χ0n) is 12.4. The molecular formula is C14H19ClN4O3S. The minimum atomic E-state index is -0.385. The molecule has 0 aliphatic carbocycles. The van der Waals surface area contributed by atoms with Gasteiger partial charge in [0.15, 0.2) is 0 Å². The highest BCUT2D eigenvalue weighted by Gasteiger charge is 2.25. The van der Waals surface area contributed by atoms with E-state index in [1.165, 1.54) is 0 Å². The number of aliphatic hydroxyl groups excluding tert-OH is 1. The predicted octanol–water partition coefficient (Wildman–Crippen LogP) is 0.849. The average molecular weight is 359 g/mol. The summed E-state index contributed by atoms with van der Waals surface area (Å²) in [5, 5.41) is 21.4. The molecule has 3 heterocycles. The molecular weight excluding hydrogens is 340 g/mol. The largest absolute Gasteiger partial charge is 0.391 e. The van der Waals surface area contributed by atoms with Crippen molar-refractivity contribution in [3.05, 3.63) is 23.4 Å². The minimum Gasteiger partial charge on any atom is -0.391 e. The van der Waals surface area contributed by atoms with Gasteiger partial charge < -0.3 is 20.3 Å². The first kappa shape index (κ1) is 17.9. The Kier molecular flexibility index (Phi) is 6.52. The third kappa shape index (κ3) is 4.74. The van der Waals surface area contributed by atoms with E-state index in [1.54, 1.807) is 11.3 Å². The van der Waals surface area contributed by atoms with E-state index < -0.39 is 0 Å². The predicted molar refractivity (Wildman–Crippen MR) is 88.6 cm³/mol. The third-order valence-corrected chi connectivity index (χ3v) is 4.51. The molecule has 126 valence electrons. The lowest BCUT2D eigenvalue weighted by Gasteiger charge is -2.13. The van der Waals surface area contributed by atoms with E-state index in [0.29, 0.717) is 37.6 Å². The van der Waals surface area contributed by atoms with Gasteiger partial charge in [0.1, 0.15) is 0 Å². The normalized spacial score (nSPS) is 20.2. The molecule has 0 radical (unpaired) electrons. The van der Waals surface area contributed by atoms with Gasteiger partial charge in [0, 0.05) is 38.4 Å². The number of hydrogen-bond donors (Lipinski definition) is 3. The summed E-state index contributed by atoms with van der Waals surface area (Å²) >= 11 is 1.54. The van der Waals surface area contributed by atoms with Crippen LogP contribution in [0.5, 0.6) is 0 Å². The summed E-state index contributed by atoms with van der Waals surface area (Å²) in [6, 6.07) is 3.85. The summed E-state index contributed by atoms with van der Waals surface area (Å²) in [5.74, 6) is 1.03. The lowest BCUT2D eigenvalue weighted by molar-refractivity contribution is -0.121. The molecule has 3 rings (SSSR count). The molecule has 23 heavy (non-hydrogen) atoms. The highest BCUT2D eigenvalue weighted by atomic mass is 35.5. The van der Waals surface area contributed by atoms with Crippen molar-refractivity contribution in [3.8, 4) is 10.7 Å². The number of aromatic nitrogens is 2. The maximum Gasteiger partial charge on any atom is 0.227 e. The second-order valence-electron chi connectivity index (χ2n) is 5.28.